The number of anilines is 1. The second-order valence-electron chi connectivity index (χ2n) is 5.23. The van der Waals surface area contributed by atoms with Crippen LogP contribution >= 0.6 is 0 Å². The molecular weight excluding hydrogens is 292 g/mol. The van der Waals surface area contributed by atoms with Crippen LogP contribution in [0.25, 0.3) is 11.0 Å². The largest absolute Gasteiger partial charge is 0.462 e. The molecule has 3 rings (SSSR count). The van der Waals surface area contributed by atoms with Gasteiger partial charge >= 0.3 is 5.97 Å². The van der Waals surface area contributed by atoms with Crippen molar-refractivity contribution in [3.05, 3.63) is 60.0 Å². The summed E-state index contributed by atoms with van der Waals surface area (Å²) in [6, 6.07) is 13.5. The van der Waals surface area contributed by atoms with Crippen molar-refractivity contribution in [1.29, 1.82) is 0 Å². The van der Waals surface area contributed by atoms with Gasteiger partial charge in [-0.2, -0.15) is 0 Å². The van der Waals surface area contributed by atoms with E-state index in [9.17, 15) is 4.79 Å². The molecule has 0 N–H and O–H groups in total. The topological polar surface area (TPSA) is 55.6 Å². The summed E-state index contributed by atoms with van der Waals surface area (Å²) in [4.78, 5) is 17.9. The van der Waals surface area contributed by atoms with Crippen LogP contribution in [0.15, 0.2) is 53.1 Å². The van der Waals surface area contributed by atoms with Gasteiger partial charge in [-0.3, -0.25) is 0 Å². The summed E-state index contributed by atoms with van der Waals surface area (Å²) in [5.74, 6) is 1.27. The molecule has 0 aliphatic heterocycles. The molecule has 0 spiro atoms. The molecule has 0 fully saturated rings. The third-order valence-electron chi connectivity index (χ3n) is 3.52. The van der Waals surface area contributed by atoms with Gasteiger partial charge in [-0.05, 0) is 31.2 Å². The number of ether oxygens (including phenoxy) is 1. The van der Waals surface area contributed by atoms with Crippen LogP contribution in [-0.4, -0.2) is 24.6 Å². The highest BCUT2D eigenvalue weighted by Crippen LogP contribution is 2.21. The number of nitrogens with zero attached hydrogens (tertiary/aromatic N) is 2. The summed E-state index contributed by atoms with van der Waals surface area (Å²) < 4.78 is 10.8. The van der Waals surface area contributed by atoms with Crippen LogP contribution < -0.4 is 4.90 Å². The Bertz CT molecular complexity index is 776. The van der Waals surface area contributed by atoms with Crippen LogP contribution in [0.1, 0.15) is 23.0 Å². The van der Waals surface area contributed by atoms with Gasteiger partial charge in [0.05, 0.1) is 18.7 Å². The number of carbonyl (C=O) groups excluding carboxylic acids is 1. The average molecular weight is 310 g/mol. The van der Waals surface area contributed by atoms with Crippen molar-refractivity contribution in [2.24, 2.45) is 0 Å². The SMILES string of the molecule is CCOC(=O)c1ccc(N(C)Cc2cc3ccccc3o2)nc1. The van der Waals surface area contributed by atoms with Crippen molar-refractivity contribution in [3.63, 3.8) is 0 Å². The number of esters is 1. The van der Waals surface area contributed by atoms with E-state index in [2.05, 4.69) is 4.98 Å². The van der Waals surface area contributed by atoms with Gasteiger partial charge in [0.25, 0.3) is 0 Å². The lowest BCUT2D eigenvalue weighted by Crippen LogP contribution is -2.17. The second kappa shape index (κ2) is 6.52. The molecule has 1 aromatic carbocycles. The lowest BCUT2D eigenvalue weighted by molar-refractivity contribution is 0.0526. The summed E-state index contributed by atoms with van der Waals surface area (Å²) in [5, 5.41) is 1.08. The first kappa shape index (κ1) is 15.1. The first-order valence-corrected chi connectivity index (χ1v) is 7.49. The molecule has 0 amide bonds. The van der Waals surface area contributed by atoms with E-state index in [1.165, 1.54) is 6.20 Å². The van der Waals surface area contributed by atoms with E-state index in [1.54, 1.807) is 19.1 Å². The molecule has 118 valence electrons. The van der Waals surface area contributed by atoms with Crippen molar-refractivity contribution in [3.8, 4) is 0 Å². The Labute approximate surface area is 134 Å². The average Bonchev–Trinajstić information content (AvgIpc) is 2.97. The molecule has 0 saturated carbocycles. The lowest BCUT2D eigenvalue weighted by atomic mass is 10.2. The number of fused-ring (bicyclic) bond motifs is 1. The first-order chi connectivity index (χ1) is 11.2. The van der Waals surface area contributed by atoms with E-state index in [4.69, 9.17) is 9.15 Å². The molecule has 2 heterocycles. The number of pyridine rings is 1. The number of hydrogen-bond donors (Lipinski definition) is 0. The van der Waals surface area contributed by atoms with E-state index in [1.807, 2.05) is 42.3 Å². The predicted octanol–water partition coefficient (Wildman–Crippen LogP) is 3.64. The van der Waals surface area contributed by atoms with Gasteiger partial charge in [0, 0.05) is 18.6 Å². The molecule has 5 heteroatoms. The fourth-order valence-electron chi connectivity index (χ4n) is 2.38. The number of furan rings is 1. The maximum Gasteiger partial charge on any atom is 0.339 e. The number of rotatable bonds is 5. The Morgan fingerprint density at radius 3 is 2.78 bits per heavy atom. The number of carbonyl (C=O) groups is 1. The van der Waals surface area contributed by atoms with Gasteiger partial charge in [0.2, 0.25) is 0 Å². The molecule has 0 aliphatic carbocycles. The highest BCUT2D eigenvalue weighted by molar-refractivity contribution is 5.89. The van der Waals surface area contributed by atoms with Crippen LogP contribution in [0.2, 0.25) is 0 Å². The third kappa shape index (κ3) is 3.34. The monoisotopic (exact) mass is 310 g/mol. The second-order valence-corrected chi connectivity index (χ2v) is 5.23. The Morgan fingerprint density at radius 2 is 2.09 bits per heavy atom. The van der Waals surface area contributed by atoms with Gasteiger partial charge < -0.3 is 14.1 Å². The van der Waals surface area contributed by atoms with Crippen LogP contribution in [0, 0.1) is 0 Å². The zero-order chi connectivity index (χ0) is 16.2. The van der Waals surface area contributed by atoms with Crippen LogP contribution in [0.4, 0.5) is 5.82 Å². The summed E-state index contributed by atoms with van der Waals surface area (Å²) in [7, 11) is 1.93. The molecule has 0 radical (unpaired) electrons. The van der Waals surface area contributed by atoms with Crippen molar-refractivity contribution in [2.75, 3.05) is 18.6 Å². The zero-order valence-electron chi connectivity index (χ0n) is 13.2. The molecule has 0 unspecified atom stereocenters. The van der Waals surface area contributed by atoms with E-state index < -0.39 is 0 Å². The molecule has 0 atom stereocenters. The minimum absolute atomic E-state index is 0.354. The summed E-state index contributed by atoms with van der Waals surface area (Å²) in [6.45, 7) is 2.73. The van der Waals surface area contributed by atoms with E-state index in [-0.39, 0.29) is 5.97 Å². The number of hydrogen-bond acceptors (Lipinski definition) is 5. The van der Waals surface area contributed by atoms with Crippen LogP contribution in [-0.2, 0) is 11.3 Å². The summed E-state index contributed by atoms with van der Waals surface area (Å²) >= 11 is 0. The molecule has 2 aromatic heterocycles. The van der Waals surface area contributed by atoms with Crippen LogP contribution in [0.5, 0.6) is 0 Å². The molecule has 0 aliphatic rings. The fourth-order valence-corrected chi connectivity index (χ4v) is 2.38. The van der Waals surface area contributed by atoms with E-state index in [0.717, 1.165) is 22.5 Å². The molecular formula is C18H18N2O3. The Balaban J connectivity index is 1.72. The quantitative estimate of drug-likeness (QED) is 0.673. The Morgan fingerprint density at radius 1 is 1.26 bits per heavy atom. The minimum Gasteiger partial charge on any atom is -0.462 e. The molecule has 5 nitrogen and oxygen atoms in total. The van der Waals surface area contributed by atoms with Crippen molar-refractivity contribution in [1.82, 2.24) is 4.98 Å². The minimum atomic E-state index is -0.355. The number of aromatic nitrogens is 1. The molecule has 0 bridgehead atoms. The van der Waals surface area contributed by atoms with Gasteiger partial charge in [-0.15, -0.1) is 0 Å². The Hall–Kier alpha value is -2.82. The number of para-hydroxylation sites is 1. The highest BCUT2D eigenvalue weighted by Gasteiger charge is 2.11. The van der Waals surface area contributed by atoms with Gasteiger partial charge in [0.1, 0.15) is 17.2 Å². The summed E-state index contributed by atoms with van der Waals surface area (Å²) in [6.07, 6.45) is 1.53. The van der Waals surface area contributed by atoms with Crippen molar-refractivity contribution < 1.29 is 13.9 Å². The van der Waals surface area contributed by atoms with Gasteiger partial charge in [0.15, 0.2) is 0 Å². The van der Waals surface area contributed by atoms with Gasteiger partial charge in [-0.1, -0.05) is 18.2 Å². The lowest BCUT2D eigenvalue weighted by Gasteiger charge is -2.16. The molecule has 3 aromatic rings. The highest BCUT2D eigenvalue weighted by atomic mass is 16.5. The van der Waals surface area contributed by atoms with E-state index in [0.29, 0.717) is 18.7 Å². The van der Waals surface area contributed by atoms with Crippen molar-refractivity contribution in [2.45, 2.75) is 13.5 Å². The smallest absolute Gasteiger partial charge is 0.339 e. The standard InChI is InChI=1S/C18H18N2O3/c1-3-22-18(21)14-8-9-17(19-11-14)20(2)12-15-10-13-6-4-5-7-16(13)23-15/h4-11H,3,12H2,1-2H3. The first-order valence-electron chi connectivity index (χ1n) is 7.49. The zero-order valence-corrected chi connectivity index (χ0v) is 13.2. The fraction of sp³-hybridized carbons (Fsp3) is 0.222. The normalized spacial score (nSPS) is 10.7. The Kier molecular flexibility index (Phi) is 4.28. The third-order valence-corrected chi connectivity index (χ3v) is 3.52. The maximum absolute atomic E-state index is 11.6. The van der Waals surface area contributed by atoms with Gasteiger partial charge in [-0.25, -0.2) is 9.78 Å². The maximum atomic E-state index is 11.6. The van der Waals surface area contributed by atoms with E-state index >= 15 is 0 Å². The molecule has 0 saturated heterocycles. The number of benzene rings is 1. The van der Waals surface area contributed by atoms with Crippen LogP contribution in [0.3, 0.4) is 0 Å². The predicted molar refractivity (Wildman–Crippen MR) is 88.5 cm³/mol. The molecule has 23 heavy (non-hydrogen) atoms. The summed E-state index contributed by atoms with van der Waals surface area (Å²) in [5.41, 5.74) is 1.33. The van der Waals surface area contributed by atoms with Crippen molar-refractivity contribution >= 4 is 22.8 Å².